The number of hydrogen-bond donors (Lipinski definition) is 1. The summed E-state index contributed by atoms with van der Waals surface area (Å²) in [7, 11) is 0. The predicted molar refractivity (Wildman–Crippen MR) is 96.0 cm³/mol. The quantitative estimate of drug-likeness (QED) is 0.845. The molecule has 4 heteroatoms. The highest BCUT2D eigenvalue weighted by Gasteiger charge is 2.42. The van der Waals surface area contributed by atoms with Crippen LogP contribution in [0.2, 0.25) is 0 Å². The molecule has 1 unspecified atom stereocenters. The molecular formula is C20H30N2O2. The Morgan fingerprint density at radius 2 is 2.08 bits per heavy atom. The first-order valence-electron chi connectivity index (χ1n) is 9.34. The molecule has 2 aliphatic rings. The van der Waals surface area contributed by atoms with E-state index in [0.29, 0.717) is 12.5 Å². The van der Waals surface area contributed by atoms with E-state index < -0.39 is 0 Å². The molecule has 0 aromatic heterocycles. The van der Waals surface area contributed by atoms with E-state index >= 15 is 0 Å². The van der Waals surface area contributed by atoms with Crippen LogP contribution in [-0.2, 0) is 21.4 Å². The number of carbonyl (C=O) groups is 1. The van der Waals surface area contributed by atoms with Gasteiger partial charge in [0.05, 0.1) is 11.5 Å². The fourth-order valence-electron chi connectivity index (χ4n) is 4.17. The SMILES string of the molecule is CC1(C(=O)N2CCC(OCCCN)CC2)CCCc2ccccc21. The lowest BCUT2D eigenvalue weighted by atomic mass is 9.70. The van der Waals surface area contributed by atoms with Crippen molar-refractivity contribution < 1.29 is 9.53 Å². The van der Waals surface area contributed by atoms with Crippen molar-refractivity contribution in [2.24, 2.45) is 5.73 Å². The molecule has 132 valence electrons. The van der Waals surface area contributed by atoms with Crippen LogP contribution in [0.25, 0.3) is 0 Å². The molecule has 1 fully saturated rings. The van der Waals surface area contributed by atoms with Crippen molar-refractivity contribution in [3.8, 4) is 0 Å². The summed E-state index contributed by atoms with van der Waals surface area (Å²) in [6.45, 7) is 5.17. The minimum absolute atomic E-state index is 0.284. The number of aryl methyl sites for hydroxylation is 1. The van der Waals surface area contributed by atoms with E-state index in [4.69, 9.17) is 10.5 Å². The van der Waals surface area contributed by atoms with Crippen molar-refractivity contribution >= 4 is 5.91 Å². The first kappa shape index (κ1) is 17.4. The van der Waals surface area contributed by atoms with Crippen molar-refractivity contribution in [3.63, 3.8) is 0 Å². The maximum atomic E-state index is 13.3. The van der Waals surface area contributed by atoms with Gasteiger partial charge < -0.3 is 15.4 Å². The number of likely N-dealkylation sites (tertiary alicyclic amines) is 1. The lowest BCUT2D eigenvalue weighted by Gasteiger charge is -2.41. The largest absolute Gasteiger partial charge is 0.378 e. The van der Waals surface area contributed by atoms with Crippen LogP contribution in [0.3, 0.4) is 0 Å². The Labute approximate surface area is 145 Å². The summed E-state index contributed by atoms with van der Waals surface area (Å²) in [6, 6.07) is 8.47. The van der Waals surface area contributed by atoms with Gasteiger partial charge in [0.25, 0.3) is 0 Å². The molecular weight excluding hydrogens is 300 g/mol. The molecule has 1 aromatic rings. The van der Waals surface area contributed by atoms with Crippen LogP contribution >= 0.6 is 0 Å². The van der Waals surface area contributed by atoms with Gasteiger partial charge in [-0.15, -0.1) is 0 Å². The molecule has 1 saturated heterocycles. The summed E-state index contributed by atoms with van der Waals surface area (Å²) in [5.74, 6) is 0.301. The first-order chi connectivity index (χ1) is 11.6. The topological polar surface area (TPSA) is 55.6 Å². The van der Waals surface area contributed by atoms with Gasteiger partial charge in [0, 0.05) is 19.7 Å². The Kier molecular flexibility index (Phi) is 5.57. The third kappa shape index (κ3) is 3.50. The summed E-state index contributed by atoms with van der Waals surface area (Å²) < 4.78 is 5.86. The number of amides is 1. The Morgan fingerprint density at radius 1 is 1.33 bits per heavy atom. The van der Waals surface area contributed by atoms with Crippen molar-refractivity contribution in [2.75, 3.05) is 26.2 Å². The number of nitrogens with zero attached hydrogens (tertiary/aromatic N) is 1. The number of piperidine rings is 1. The summed E-state index contributed by atoms with van der Waals surface area (Å²) >= 11 is 0. The average Bonchev–Trinajstić information content (AvgIpc) is 2.62. The second-order valence-corrected chi connectivity index (χ2v) is 7.35. The normalized spacial score (nSPS) is 24.7. The number of nitrogens with two attached hydrogens (primary N) is 1. The monoisotopic (exact) mass is 330 g/mol. The number of carbonyl (C=O) groups excluding carboxylic acids is 1. The molecule has 0 saturated carbocycles. The zero-order valence-electron chi connectivity index (χ0n) is 14.8. The molecule has 0 bridgehead atoms. The summed E-state index contributed by atoms with van der Waals surface area (Å²) in [4.78, 5) is 15.3. The Hall–Kier alpha value is -1.39. The molecule has 3 rings (SSSR count). The molecule has 1 aromatic carbocycles. The van der Waals surface area contributed by atoms with Crippen LogP contribution in [0.5, 0.6) is 0 Å². The van der Waals surface area contributed by atoms with E-state index in [-0.39, 0.29) is 11.5 Å². The Bertz CT molecular complexity index is 567. The number of benzene rings is 1. The average molecular weight is 330 g/mol. The fraction of sp³-hybridized carbons (Fsp3) is 0.650. The smallest absolute Gasteiger partial charge is 0.232 e. The van der Waals surface area contributed by atoms with Crippen molar-refractivity contribution in [1.82, 2.24) is 4.90 Å². The van der Waals surface area contributed by atoms with Crippen molar-refractivity contribution in [3.05, 3.63) is 35.4 Å². The minimum atomic E-state index is -0.359. The molecule has 1 heterocycles. The van der Waals surface area contributed by atoms with E-state index in [1.165, 1.54) is 11.1 Å². The molecule has 1 amide bonds. The second kappa shape index (κ2) is 7.66. The van der Waals surface area contributed by atoms with Gasteiger partial charge in [-0.25, -0.2) is 0 Å². The Morgan fingerprint density at radius 3 is 2.83 bits per heavy atom. The molecule has 1 atom stereocenters. The van der Waals surface area contributed by atoms with Gasteiger partial charge in [0.15, 0.2) is 0 Å². The summed E-state index contributed by atoms with van der Waals surface area (Å²) in [5, 5.41) is 0. The number of fused-ring (bicyclic) bond motifs is 1. The molecule has 1 aliphatic heterocycles. The lowest BCUT2D eigenvalue weighted by Crippen LogP contribution is -2.50. The molecule has 24 heavy (non-hydrogen) atoms. The predicted octanol–water partition coefficient (Wildman–Crippen LogP) is 2.64. The Balaban J connectivity index is 1.64. The highest BCUT2D eigenvalue weighted by molar-refractivity contribution is 5.88. The zero-order chi connectivity index (χ0) is 17.0. The second-order valence-electron chi connectivity index (χ2n) is 7.35. The van der Waals surface area contributed by atoms with E-state index in [9.17, 15) is 4.79 Å². The van der Waals surface area contributed by atoms with Crippen LogP contribution in [0.1, 0.15) is 50.2 Å². The number of hydrogen-bond acceptors (Lipinski definition) is 3. The molecule has 0 spiro atoms. The van der Waals surface area contributed by atoms with Crippen molar-refractivity contribution in [1.29, 1.82) is 0 Å². The van der Waals surface area contributed by atoms with Gasteiger partial charge in [-0.3, -0.25) is 4.79 Å². The van der Waals surface area contributed by atoms with Crippen LogP contribution in [-0.4, -0.2) is 43.2 Å². The third-order valence-electron chi connectivity index (χ3n) is 5.64. The zero-order valence-corrected chi connectivity index (χ0v) is 14.8. The highest BCUT2D eigenvalue weighted by Crippen LogP contribution is 2.39. The molecule has 0 radical (unpaired) electrons. The van der Waals surface area contributed by atoms with E-state index in [1.54, 1.807) is 0 Å². The number of rotatable bonds is 5. The van der Waals surface area contributed by atoms with Crippen LogP contribution in [0, 0.1) is 0 Å². The van der Waals surface area contributed by atoms with Gasteiger partial charge >= 0.3 is 0 Å². The maximum absolute atomic E-state index is 13.3. The van der Waals surface area contributed by atoms with Crippen LogP contribution in [0.15, 0.2) is 24.3 Å². The molecule has 4 nitrogen and oxygen atoms in total. The van der Waals surface area contributed by atoms with Gasteiger partial charge in [-0.2, -0.15) is 0 Å². The molecule has 2 N–H and O–H groups in total. The van der Waals surface area contributed by atoms with Crippen LogP contribution < -0.4 is 5.73 Å². The maximum Gasteiger partial charge on any atom is 0.232 e. The van der Waals surface area contributed by atoms with E-state index in [1.807, 2.05) is 0 Å². The summed E-state index contributed by atoms with van der Waals surface area (Å²) in [5.41, 5.74) is 7.74. The van der Waals surface area contributed by atoms with Crippen LogP contribution in [0.4, 0.5) is 0 Å². The highest BCUT2D eigenvalue weighted by atomic mass is 16.5. The van der Waals surface area contributed by atoms with Gasteiger partial charge in [0.1, 0.15) is 0 Å². The van der Waals surface area contributed by atoms with Gasteiger partial charge in [-0.1, -0.05) is 24.3 Å². The van der Waals surface area contributed by atoms with Crippen molar-refractivity contribution in [2.45, 2.75) is 57.0 Å². The lowest BCUT2D eigenvalue weighted by molar-refractivity contribution is -0.140. The number of ether oxygens (including phenoxy) is 1. The molecule has 1 aliphatic carbocycles. The summed E-state index contributed by atoms with van der Waals surface area (Å²) in [6.07, 6.45) is 6.21. The first-order valence-corrected chi connectivity index (χ1v) is 9.34. The van der Waals surface area contributed by atoms with Gasteiger partial charge in [0.2, 0.25) is 5.91 Å². The van der Waals surface area contributed by atoms with E-state index in [0.717, 1.165) is 58.2 Å². The third-order valence-corrected chi connectivity index (χ3v) is 5.64. The standard InChI is InChI=1S/C20H30N2O2/c1-20(11-4-7-16-6-2-3-8-18(16)20)19(23)22-13-9-17(10-14-22)24-15-5-12-21/h2-3,6,8,17H,4-5,7,9-15,21H2,1H3. The van der Waals surface area contributed by atoms with E-state index in [2.05, 4.69) is 36.1 Å². The minimum Gasteiger partial charge on any atom is -0.378 e. The van der Waals surface area contributed by atoms with Gasteiger partial charge in [-0.05, 0) is 63.1 Å². The fourth-order valence-corrected chi connectivity index (χ4v) is 4.17.